The van der Waals surface area contributed by atoms with Crippen LogP contribution in [0.15, 0.2) is 24.3 Å². The first-order chi connectivity index (χ1) is 6.39. The first-order valence-corrected chi connectivity index (χ1v) is 3.59. The van der Waals surface area contributed by atoms with Crippen molar-refractivity contribution in [3.8, 4) is 5.75 Å². The van der Waals surface area contributed by atoms with Gasteiger partial charge in [0, 0.05) is 0 Å². The third-order valence-corrected chi connectivity index (χ3v) is 1.40. The predicted octanol–water partition coefficient (Wildman–Crippen LogP) is 1.05. The van der Waals surface area contributed by atoms with Gasteiger partial charge in [-0.3, -0.25) is 0 Å². The molecule has 0 bridgehead atoms. The van der Waals surface area contributed by atoms with Gasteiger partial charge in [0.15, 0.2) is 0 Å². The molecule has 0 atom stereocenters. The molecule has 0 amide bonds. The second kappa shape index (κ2) is 3.89. The lowest BCUT2D eigenvalue weighted by Crippen LogP contribution is -2.20. The summed E-state index contributed by atoms with van der Waals surface area (Å²) in [5.41, 5.74) is -0.907. The van der Waals surface area contributed by atoms with Crippen molar-refractivity contribution < 1.29 is 27.9 Å². The monoisotopic (exact) mass is 206 g/mol. The summed E-state index contributed by atoms with van der Waals surface area (Å²) in [7, 11) is -2.13. The Labute approximate surface area is 77.9 Å². The van der Waals surface area contributed by atoms with Gasteiger partial charge in [0.1, 0.15) is 5.75 Å². The van der Waals surface area contributed by atoms with Crippen molar-refractivity contribution in [2.45, 2.75) is 6.18 Å². The van der Waals surface area contributed by atoms with E-state index in [1.165, 1.54) is 6.07 Å². The number of halogens is 3. The highest BCUT2D eigenvalue weighted by Crippen LogP contribution is 2.31. The average Bonchev–Trinajstić information content (AvgIpc) is 2.01. The minimum absolute atomic E-state index is 0.255. The summed E-state index contributed by atoms with van der Waals surface area (Å²) in [6.07, 6.45) is -4.47. The summed E-state index contributed by atoms with van der Waals surface area (Å²) < 4.78 is 40.6. The maximum Gasteiger partial charge on any atom is 0.707 e. The fourth-order valence-electron chi connectivity index (χ4n) is 0.867. The maximum absolute atomic E-state index is 12.1. The zero-order valence-electron chi connectivity index (χ0n) is 6.82. The van der Waals surface area contributed by atoms with E-state index in [0.29, 0.717) is 6.07 Å². The molecule has 0 radical (unpaired) electrons. The van der Waals surface area contributed by atoms with E-state index in [-0.39, 0.29) is 5.75 Å². The molecular formula is C7H6BF3O3. The lowest BCUT2D eigenvalue weighted by molar-refractivity contribution is -0.137. The third kappa shape index (κ3) is 2.93. The summed E-state index contributed by atoms with van der Waals surface area (Å²) in [6.45, 7) is 0. The van der Waals surface area contributed by atoms with Crippen LogP contribution in [0.3, 0.4) is 0 Å². The fraction of sp³-hybridized carbons (Fsp3) is 0.143. The first kappa shape index (κ1) is 10.9. The molecule has 0 saturated carbocycles. The van der Waals surface area contributed by atoms with Crippen LogP contribution >= 0.6 is 0 Å². The zero-order valence-corrected chi connectivity index (χ0v) is 6.82. The van der Waals surface area contributed by atoms with Gasteiger partial charge < -0.3 is 14.7 Å². The van der Waals surface area contributed by atoms with Gasteiger partial charge >= 0.3 is 13.5 Å². The van der Waals surface area contributed by atoms with Crippen LogP contribution in [0.5, 0.6) is 5.75 Å². The molecule has 2 N–H and O–H groups in total. The van der Waals surface area contributed by atoms with Crippen LogP contribution in [0.4, 0.5) is 13.2 Å². The van der Waals surface area contributed by atoms with Crippen LogP contribution in [0.1, 0.15) is 5.56 Å². The SMILES string of the molecule is OB(O)Oc1cccc(C(F)(F)F)c1. The molecule has 0 aliphatic heterocycles. The number of benzene rings is 1. The Hall–Kier alpha value is -1.21. The fourth-order valence-corrected chi connectivity index (χ4v) is 0.867. The number of alkyl halides is 3. The highest BCUT2D eigenvalue weighted by molar-refractivity contribution is 6.33. The van der Waals surface area contributed by atoms with Crippen molar-refractivity contribution in [2.75, 3.05) is 0 Å². The van der Waals surface area contributed by atoms with E-state index >= 15 is 0 Å². The van der Waals surface area contributed by atoms with Gasteiger partial charge in [-0.15, -0.1) is 0 Å². The molecule has 0 fully saturated rings. The van der Waals surface area contributed by atoms with Gasteiger partial charge in [0.25, 0.3) is 0 Å². The highest BCUT2D eigenvalue weighted by atomic mass is 19.4. The van der Waals surface area contributed by atoms with Gasteiger partial charge in [-0.2, -0.15) is 13.2 Å². The molecule has 1 aromatic rings. The van der Waals surface area contributed by atoms with Crippen LogP contribution in [0.25, 0.3) is 0 Å². The summed E-state index contributed by atoms with van der Waals surface area (Å²) >= 11 is 0. The van der Waals surface area contributed by atoms with Crippen LogP contribution in [-0.2, 0) is 6.18 Å². The summed E-state index contributed by atoms with van der Waals surface area (Å²) in [6, 6.07) is 3.84. The second-order valence-corrected chi connectivity index (χ2v) is 2.47. The normalized spacial score (nSPS) is 11.2. The van der Waals surface area contributed by atoms with Crippen molar-refractivity contribution in [1.82, 2.24) is 0 Å². The van der Waals surface area contributed by atoms with E-state index in [2.05, 4.69) is 4.65 Å². The Morgan fingerprint density at radius 1 is 1.21 bits per heavy atom. The molecule has 7 heteroatoms. The molecule has 0 aliphatic rings. The molecule has 0 saturated heterocycles. The molecule has 0 unspecified atom stereocenters. The summed E-state index contributed by atoms with van der Waals surface area (Å²) in [5.74, 6) is -0.255. The van der Waals surface area contributed by atoms with Crippen molar-refractivity contribution >= 4 is 7.32 Å². The lowest BCUT2D eigenvalue weighted by atomic mass is 10.2. The molecular weight excluding hydrogens is 200 g/mol. The molecule has 0 aliphatic carbocycles. The van der Waals surface area contributed by atoms with Gasteiger partial charge in [0.05, 0.1) is 5.56 Å². The number of rotatable bonds is 2. The van der Waals surface area contributed by atoms with Gasteiger partial charge in [0.2, 0.25) is 0 Å². The molecule has 14 heavy (non-hydrogen) atoms. The van der Waals surface area contributed by atoms with Gasteiger partial charge in [-0.1, -0.05) is 6.07 Å². The Kier molecular flexibility index (Phi) is 3.02. The maximum atomic E-state index is 12.1. The van der Waals surface area contributed by atoms with Gasteiger partial charge in [-0.25, -0.2) is 0 Å². The lowest BCUT2D eigenvalue weighted by Gasteiger charge is -2.09. The zero-order chi connectivity index (χ0) is 10.8. The Balaban J connectivity index is 2.90. The standard InChI is InChI=1S/C7H6BF3O3/c9-7(10,11)5-2-1-3-6(4-5)14-8(12)13/h1-4,12-13H. The van der Waals surface area contributed by atoms with Crippen LogP contribution in [-0.4, -0.2) is 17.4 Å². The molecule has 0 aromatic heterocycles. The number of hydrogen-bond acceptors (Lipinski definition) is 3. The van der Waals surface area contributed by atoms with Crippen LogP contribution in [0.2, 0.25) is 0 Å². The summed E-state index contributed by atoms with van der Waals surface area (Å²) in [5, 5.41) is 16.7. The Morgan fingerprint density at radius 3 is 2.36 bits per heavy atom. The third-order valence-electron chi connectivity index (χ3n) is 1.40. The van der Waals surface area contributed by atoms with E-state index in [0.717, 1.165) is 12.1 Å². The van der Waals surface area contributed by atoms with Crippen LogP contribution < -0.4 is 4.65 Å². The van der Waals surface area contributed by atoms with E-state index in [1.807, 2.05) is 0 Å². The van der Waals surface area contributed by atoms with E-state index in [4.69, 9.17) is 10.0 Å². The largest absolute Gasteiger partial charge is 0.707 e. The second-order valence-electron chi connectivity index (χ2n) is 2.47. The molecule has 76 valence electrons. The quantitative estimate of drug-likeness (QED) is 0.711. The molecule has 0 spiro atoms. The smallest absolute Gasteiger partial charge is 0.512 e. The minimum Gasteiger partial charge on any atom is -0.512 e. The molecule has 1 aromatic carbocycles. The van der Waals surface area contributed by atoms with E-state index < -0.39 is 19.1 Å². The highest BCUT2D eigenvalue weighted by Gasteiger charge is 2.30. The molecule has 1 rings (SSSR count). The van der Waals surface area contributed by atoms with E-state index in [9.17, 15) is 13.2 Å². The van der Waals surface area contributed by atoms with E-state index in [1.54, 1.807) is 0 Å². The molecule has 3 nitrogen and oxygen atoms in total. The van der Waals surface area contributed by atoms with Gasteiger partial charge in [-0.05, 0) is 18.2 Å². The van der Waals surface area contributed by atoms with Crippen molar-refractivity contribution in [3.05, 3.63) is 29.8 Å². The van der Waals surface area contributed by atoms with Crippen molar-refractivity contribution in [3.63, 3.8) is 0 Å². The van der Waals surface area contributed by atoms with Crippen molar-refractivity contribution in [2.24, 2.45) is 0 Å². The average molecular weight is 206 g/mol. The number of hydrogen-bond donors (Lipinski definition) is 2. The molecule has 0 heterocycles. The Morgan fingerprint density at radius 2 is 1.86 bits per heavy atom. The minimum atomic E-state index is -4.47. The van der Waals surface area contributed by atoms with Crippen LogP contribution in [0, 0.1) is 0 Å². The Bertz CT molecular complexity index is 313. The van der Waals surface area contributed by atoms with Crippen molar-refractivity contribution in [1.29, 1.82) is 0 Å². The first-order valence-electron chi connectivity index (χ1n) is 3.59. The topological polar surface area (TPSA) is 49.7 Å². The summed E-state index contributed by atoms with van der Waals surface area (Å²) in [4.78, 5) is 0. The predicted molar refractivity (Wildman–Crippen MR) is 42.3 cm³/mol.